The van der Waals surface area contributed by atoms with Crippen LogP contribution in [0.1, 0.15) is 65.7 Å². The minimum atomic E-state index is -0.925. The topological polar surface area (TPSA) is 77.8 Å². The van der Waals surface area contributed by atoms with Crippen molar-refractivity contribution in [2.45, 2.75) is 77.4 Å². The highest BCUT2D eigenvalue weighted by Crippen LogP contribution is 2.72. The summed E-state index contributed by atoms with van der Waals surface area (Å²) >= 11 is 0. The van der Waals surface area contributed by atoms with Gasteiger partial charge in [0.15, 0.2) is 5.78 Å². The van der Waals surface area contributed by atoms with E-state index in [0.29, 0.717) is 24.7 Å². The van der Waals surface area contributed by atoms with Crippen LogP contribution >= 0.6 is 0 Å². The Kier molecular flexibility index (Phi) is 3.42. The number of fused-ring (bicyclic) bond motifs is 3. The van der Waals surface area contributed by atoms with Crippen molar-refractivity contribution in [3.05, 3.63) is 0 Å². The lowest BCUT2D eigenvalue weighted by atomic mass is 9.40. The number of carbonyl (C=O) groups excluding carboxylic acids is 1. The summed E-state index contributed by atoms with van der Waals surface area (Å²) < 4.78 is 0. The molecule has 4 saturated carbocycles. The Hall–Kier alpha value is -0.450. The van der Waals surface area contributed by atoms with Gasteiger partial charge in [0.2, 0.25) is 0 Å². The van der Waals surface area contributed by atoms with Crippen LogP contribution in [0.4, 0.5) is 0 Å². The van der Waals surface area contributed by atoms with E-state index in [2.05, 4.69) is 20.8 Å². The lowest BCUT2D eigenvalue weighted by Gasteiger charge is -2.64. The maximum Gasteiger partial charge on any atom is 0.162 e. The molecule has 4 aliphatic rings. The van der Waals surface area contributed by atoms with E-state index in [-0.39, 0.29) is 34.6 Å². The maximum absolute atomic E-state index is 12.6. The number of Topliss-reactive ketones (excluding diaryl/α,β-unsaturated/α-hetero) is 1. The first-order valence-electron chi connectivity index (χ1n) is 9.63. The van der Waals surface area contributed by atoms with E-state index < -0.39 is 11.7 Å². The summed E-state index contributed by atoms with van der Waals surface area (Å²) in [6, 6.07) is 0. The molecular formula is C20H32O4. The van der Waals surface area contributed by atoms with Crippen molar-refractivity contribution in [1.29, 1.82) is 0 Å². The predicted octanol–water partition coefficient (Wildman–Crippen LogP) is 2.29. The highest BCUT2D eigenvalue weighted by molar-refractivity contribution is 5.85. The molecule has 0 saturated heterocycles. The third-order valence-electron chi connectivity index (χ3n) is 8.87. The number of hydrogen-bond donors (Lipinski definition) is 3. The largest absolute Gasteiger partial charge is 0.393 e. The van der Waals surface area contributed by atoms with Crippen LogP contribution in [0.2, 0.25) is 0 Å². The smallest absolute Gasteiger partial charge is 0.162 e. The van der Waals surface area contributed by atoms with Crippen molar-refractivity contribution >= 4 is 5.78 Å². The van der Waals surface area contributed by atoms with E-state index in [0.717, 1.165) is 32.1 Å². The molecule has 7 unspecified atom stereocenters. The van der Waals surface area contributed by atoms with Gasteiger partial charge in [-0.2, -0.15) is 0 Å². The predicted molar refractivity (Wildman–Crippen MR) is 90.2 cm³/mol. The van der Waals surface area contributed by atoms with Crippen LogP contribution in [0.15, 0.2) is 0 Å². The first-order valence-corrected chi connectivity index (χ1v) is 9.63. The molecule has 0 amide bonds. The van der Waals surface area contributed by atoms with Crippen LogP contribution in [-0.2, 0) is 4.79 Å². The monoisotopic (exact) mass is 336 g/mol. The van der Waals surface area contributed by atoms with E-state index in [1.807, 2.05) is 0 Å². The molecule has 0 radical (unpaired) electrons. The molecule has 0 aromatic carbocycles. The van der Waals surface area contributed by atoms with E-state index in [4.69, 9.17) is 0 Å². The normalized spacial score (nSPS) is 55.8. The molecule has 4 nitrogen and oxygen atoms in total. The summed E-state index contributed by atoms with van der Waals surface area (Å²) in [5.74, 6) is 0.953. The molecular weight excluding hydrogens is 304 g/mol. The minimum absolute atomic E-state index is 0.00617. The molecule has 4 aliphatic carbocycles. The summed E-state index contributed by atoms with van der Waals surface area (Å²) in [5.41, 5.74) is -1.33. The van der Waals surface area contributed by atoms with Crippen LogP contribution in [0, 0.1) is 34.0 Å². The van der Waals surface area contributed by atoms with Crippen molar-refractivity contribution in [2.24, 2.45) is 34.0 Å². The Labute approximate surface area is 144 Å². The van der Waals surface area contributed by atoms with E-state index in [9.17, 15) is 20.1 Å². The standard InChI is InChI=1S/C20H32O4/c1-17(2)14-6-7-19-8-12(20(24,10-19)11-21)4-5-15(19)18(14,3)9-13(22)16(17)23/h12,14-16,21,23-24H,4-11H2,1-3H3. The molecule has 24 heavy (non-hydrogen) atoms. The number of rotatable bonds is 1. The number of carbonyl (C=O) groups is 1. The lowest BCUT2D eigenvalue weighted by Crippen LogP contribution is -2.62. The molecule has 136 valence electrons. The average Bonchev–Trinajstić information content (AvgIpc) is 2.72. The van der Waals surface area contributed by atoms with Crippen molar-refractivity contribution in [3.8, 4) is 0 Å². The van der Waals surface area contributed by atoms with Crippen molar-refractivity contribution in [2.75, 3.05) is 6.61 Å². The zero-order valence-electron chi connectivity index (χ0n) is 15.2. The van der Waals surface area contributed by atoms with Gasteiger partial charge in [-0.25, -0.2) is 0 Å². The molecule has 2 bridgehead atoms. The van der Waals surface area contributed by atoms with Crippen LogP contribution < -0.4 is 0 Å². The zero-order chi connectivity index (χ0) is 17.5. The molecule has 1 spiro atoms. The molecule has 3 N–H and O–H groups in total. The third kappa shape index (κ3) is 1.88. The van der Waals surface area contributed by atoms with Gasteiger partial charge in [0.25, 0.3) is 0 Å². The van der Waals surface area contributed by atoms with Gasteiger partial charge < -0.3 is 15.3 Å². The number of ketones is 1. The van der Waals surface area contributed by atoms with Gasteiger partial charge in [-0.1, -0.05) is 20.8 Å². The van der Waals surface area contributed by atoms with Gasteiger partial charge in [0.1, 0.15) is 6.10 Å². The third-order valence-corrected chi connectivity index (χ3v) is 8.87. The highest BCUT2D eigenvalue weighted by atomic mass is 16.3. The van der Waals surface area contributed by atoms with Gasteiger partial charge in [-0.3, -0.25) is 4.79 Å². The molecule has 4 rings (SSSR count). The van der Waals surface area contributed by atoms with Gasteiger partial charge in [-0.05, 0) is 67.1 Å². The summed E-state index contributed by atoms with van der Waals surface area (Å²) in [5, 5.41) is 31.2. The molecule has 4 fully saturated rings. The second kappa shape index (κ2) is 4.83. The number of aliphatic hydroxyl groups excluding tert-OH is 2. The zero-order valence-corrected chi connectivity index (χ0v) is 15.2. The molecule has 0 heterocycles. The Morgan fingerprint density at radius 3 is 2.50 bits per heavy atom. The fourth-order valence-electron chi connectivity index (χ4n) is 7.95. The fourth-order valence-corrected chi connectivity index (χ4v) is 7.95. The first-order chi connectivity index (χ1) is 11.1. The number of aliphatic hydroxyl groups is 3. The van der Waals surface area contributed by atoms with Gasteiger partial charge >= 0.3 is 0 Å². The Bertz CT molecular complexity index is 572. The quantitative estimate of drug-likeness (QED) is 0.686. The Morgan fingerprint density at radius 1 is 1.12 bits per heavy atom. The van der Waals surface area contributed by atoms with Crippen molar-refractivity contribution in [3.63, 3.8) is 0 Å². The molecule has 4 heteroatoms. The van der Waals surface area contributed by atoms with Crippen LogP contribution in [0.25, 0.3) is 0 Å². The second-order valence-corrected chi connectivity index (χ2v) is 10.3. The SMILES string of the molecule is CC1(C)C(O)C(=O)CC2(C)C3CCC4CC3(CCC12)CC4(O)CO. The lowest BCUT2D eigenvalue weighted by molar-refractivity contribution is -0.186. The maximum atomic E-state index is 12.6. The summed E-state index contributed by atoms with van der Waals surface area (Å²) in [6.45, 7) is 6.24. The summed E-state index contributed by atoms with van der Waals surface area (Å²) in [4.78, 5) is 12.6. The van der Waals surface area contributed by atoms with Gasteiger partial charge in [-0.15, -0.1) is 0 Å². The molecule has 0 aromatic rings. The van der Waals surface area contributed by atoms with Crippen LogP contribution in [-0.4, -0.2) is 39.4 Å². The van der Waals surface area contributed by atoms with Gasteiger partial charge in [0, 0.05) is 11.8 Å². The minimum Gasteiger partial charge on any atom is -0.393 e. The molecule has 7 atom stereocenters. The second-order valence-electron chi connectivity index (χ2n) is 10.3. The fraction of sp³-hybridized carbons (Fsp3) is 0.950. The Balaban J connectivity index is 1.75. The molecule has 0 aliphatic heterocycles. The van der Waals surface area contributed by atoms with Crippen molar-refractivity contribution in [1.82, 2.24) is 0 Å². The van der Waals surface area contributed by atoms with E-state index in [1.165, 1.54) is 0 Å². The van der Waals surface area contributed by atoms with Gasteiger partial charge in [0.05, 0.1) is 12.2 Å². The van der Waals surface area contributed by atoms with E-state index in [1.54, 1.807) is 0 Å². The van der Waals surface area contributed by atoms with Crippen LogP contribution in [0.5, 0.6) is 0 Å². The van der Waals surface area contributed by atoms with E-state index >= 15 is 0 Å². The first kappa shape index (κ1) is 17.0. The summed E-state index contributed by atoms with van der Waals surface area (Å²) in [6.07, 6.45) is 5.36. The highest BCUT2D eigenvalue weighted by Gasteiger charge is 2.68. The molecule has 0 aromatic heterocycles. The summed E-state index contributed by atoms with van der Waals surface area (Å²) in [7, 11) is 0. The van der Waals surface area contributed by atoms with Crippen molar-refractivity contribution < 1.29 is 20.1 Å². The number of hydrogen-bond acceptors (Lipinski definition) is 4. The van der Waals surface area contributed by atoms with Crippen LogP contribution in [0.3, 0.4) is 0 Å². The average molecular weight is 336 g/mol. The Morgan fingerprint density at radius 2 is 1.83 bits per heavy atom.